The highest BCUT2D eigenvalue weighted by atomic mass is 35.5. The van der Waals surface area contributed by atoms with E-state index in [-0.39, 0.29) is 11.8 Å². The van der Waals surface area contributed by atoms with Gasteiger partial charge in [-0.15, -0.1) is 0 Å². The van der Waals surface area contributed by atoms with Gasteiger partial charge in [0.05, 0.1) is 0 Å². The Morgan fingerprint density at radius 3 is 2.48 bits per heavy atom. The number of anilines is 1. The van der Waals surface area contributed by atoms with E-state index >= 15 is 0 Å². The van der Waals surface area contributed by atoms with Gasteiger partial charge in [0.2, 0.25) is 5.91 Å². The molecular weight excluding hydrogens is 306 g/mol. The maximum Gasteiger partial charge on any atom is 0.227 e. The first kappa shape index (κ1) is 15.6. The largest absolute Gasteiger partial charge is 0.325 e. The first-order valence-electron chi connectivity index (χ1n) is 7.66. The van der Waals surface area contributed by atoms with Crippen molar-refractivity contribution in [2.24, 2.45) is 5.92 Å². The van der Waals surface area contributed by atoms with Gasteiger partial charge in [0.25, 0.3) is 0 Å². The van der Waals surface area contributed by atoms with Gasteiger partial charge in [0, 0.05) is 22.0 Å². The second-order valence-corrected chi connectivity index (χ2v) is 6.18. The minimum Gasteiger partial charge on any atom is -0.325 e. The maximum atomic E-state index is 12.5. The molecule has 3 aromatic carbocycles. The molecule has 0 aliphatic carbocycles. The predicted molar refractivity (Wildman–Crippen MR) is 96.9 cm³/mol. The van der Waals surface area contributed by atoms with Crippen molar-refractivity contribution in [3.05, 3.63) is 77.3 Å². The molecule has 23 heavy (non-hydrogen) atoms. The average molecular weight is 324 g/mol. The van der Waals surface area contributed by atoms with Gasteiger partial charge >= 0.3 is 0 Å². The van der Waals surface area contributed by atoms with E-state index in [1.54, 1.807) is 0 Å². The van der Waals surface area contributed by atoms with Crippen LogP contribution in [0.1, 0.15) is 12.5 Å². The third kappa shape index (κ3) is 3.72. The summed E-state index contributed by atoms with van der Waals surface area (Å²) in [5.41, 5.74) is 1.96. The van der Waals surface area contributed by atoms with E-state index in [2.05, 4.69) is 5.32 Å². The van der Waals surface area contributed by atoms with Gasteiger partial charge in [-0.3, -0.25) is 4.79 Å². The van der Waals surface area contributed by atoms with E-state index in [4.69, 9.17) is 11.6 Å². The van der Waals surface area contributed by atoms with Crippen LogP contribution in [0.3, 0.4) is 0 Å². The lowest BCUT2D eigenvalue weighted by molar-refractivity contribution is -0.119. The van der Waals surface area contributed by atoms with Gasteiger partial charge in [0.1, 0.15) is 0 Å². The summed E-state index contributed by atoms with van der Waals surface area (Å²) in [6.45, 7) is 1.94. The first-order valence-corrected chi connectivity index (χ1v) is 8.04. The molecule has 0 saturated carbocycles. The van der Waals surface area contributed by atoms with Gasteiger partial charge in [0.15, 0.2) is 0 Å². The quantitative estimate of drug-likeness (QED) is 0.692. The molecular formula is C20H18ClNO. The average Bonchev–Trinajstić information content (AvgIpc) is 2.57. The van der Waals surface area contributed by atoms with Crippen molar-refractivity contribution in [1.29, 1.82) is 0 Å². The SMILES string of the molecule is C[C@@H](Cc1ccc(Cl)cc1)C(=O)Nc1cccc2ccccc12. The Balaban J connectivity index is 1.74. The highest BCUT2D eigenvalue weighted by Crippen LogP contribution is 2.24. The van der Waals surface area contributed by atoms with Crippen molar-refractivity contribution in [1.82, 2.24) is 0 Å². The van der Waals surface area contributed by atoms with E-state index in [1.807, 2.05) is 73.7 Å². The minimum atomic E-state index is -0.116. The number of amides is 1. The summed E-state index contributed by atoms with van der Waals surface area (Å²) in [6, 6.07) is 21.6. The lowest BCUT2D eigenvalue weighted by atomic mass is 10.00. The molecule has 0 saturated heterocycles. The van der Waals surface area contributed by atoms with Crippen LogP contribution < -0.4 is 5.32 Å². The third-order valence-electron chi connectivity index (χ3n) is 3.95. The summed E-state index contributed by atoms with van der Waals surface area (Å²) in [5, 5.41) is 5.94. The van der Waals surface area contributed by atoms with Crippen molar-refractivity contribution < 1.29 is 4.79 Å². The summed E-state index contributed by atoms with van der Waals surface area (Å²) in [4.78, 5) is 12.5. The molecule has 1 amide bonds. The van der Waals surface area contributed by atoms with Crippen LogP contribution in [0.25, 0.3) is 10.8 Å². The van der Waals surface area contributed by atoms with Crippen LogP contribution >= 0.6 is 11.6 Å². The van der Waals surface area contributed by atoms with Gasteiger partial charge in [-0.25, -0.2) is 0 Å². The van der Waals surface area contributed by atoms with E-state index in [1.165, 1.54) is 0 Å². The summed E-state index contributed by atoms with van der Waals surface area (Å²) < 4.78 is 0. The number of hydrogen-bond acceptors (Lipinski definition) is 1. The lowest BCUT2D eigenvalue weighted by Crippen LogP contribution is -2.22. The van der Waals surface area contributed by atoms with Crippen molar-refractivity contribution in [2.75, 3.05) is 5.32 Å². The predicted octanol–water partition coefficient (Wildman–Crippen LogP) is 5.31. The molecule has 0 aliphatic heterocycles. The fourth-order valence-electron chi connectivity index (χ4n) is 2.66. The highest BCUT2D eigenvalue weighted by molar-refractivity contribution is 6.30. The molecule has 3 heteroatoms. The molecule has 0 aliphatic rings. The molecule has 3 rings (SSSR count). The van der Waals surface area contributed by atoms with Crippen LogP contribution in [-0.4, -0.2) is 5.91 Å². The van der Waals surface area contributed by atoms with Gasteiger partial charge in [-0.2, -0.15) is 0 Å². The number of carbonyl (C=O) groups is 1. The summed E-state index contributed by atoms with van der Waals surface area (Å²) in [6.07, 6.45) is 0.688. The number of carbonyl (C=O) groups excluding carboxylic acids is 1. The molecule has 0 radical (unpaired) electrons. The second-order valence-electron chi connectivity index (χ2n) is 5.75. The maximum absolute atomic E-state index is 12.5. The number of fused-ring (bicyclic) bond motifs is 1. The minimum absolute atomic E-state index is 0.0244. The Kier molecular flexibility index (Phi) is 4.63. The smallest absolute Gasteiger partial charge is 0.227 e. The Morgan fingerprint density at radius 2 is 1.70 bits per heavy atom. The van der Waals surface area contributed by atoms with Crippen LogP contribution in [0.4, 0.5) is 5.69 Å². The fourth-order valence-corrected chi connectivity index (χ4v) is 2.78. The monoisotopic (exact) mass is 323 g/mol. The number of benzene rings is 3. The Morgan fingerprint density at radius 1 is 1.00 bits per heavy atom. The van der Waals surface area contributed by atoms with Crippen LogP contribution in [0, 0.1) is 5.92 Å². The Hall–Kier alpha value is -2.32. The van der Waals surface area contributed by atoms with E-state index in [0.29, 0.717) is 11.4 Å². The molecule has 116 valence electrons. The molecule has 3 aromatic rings. The lowest BCUT2D eigenvalue weighted by Gasteiger charge is -2.14. The number of rotatable bonds is 4. The zero-order chi connectivity index (χ0) is 16.2. The van der Waals surface area contributed by atoms with Crippen LogP contribution in [0.15, 0.2) is 66.7 Å². The zero-order valence-electron chi connectivity index (χ0n) is 12.9. The van der Waals surface area contributed by atoms with Crippen molar-refractivity contribution in [3.8, 4) is 0 Å². The molecule has 0 aromatic heterocycles. The second kappa shape index (κ2) is 6.84. The summed E-state index contributed by atoms with van der Waals surface area (Å²) >= 11 is 5.89. The topological polar surface area (TPSA) is 29.1 Å². The third-order valence-corrected chi connectivity index (χ3v) is 4.20. The molecule has 0 bridgehead atoms. The molecule has 0 heterocycles. The van der Waals surface area contributed by atoms with Gasteiger partial charge in [-0.05, 0) is 35.6 Å². The normalized spacial score (nSPS) is 12.1. The molecule has 2 nitrogen and oxygen atoms in total. The van der Waals surface area contributed by atoms with Crippen LogP contribution in [0.2, 0.25) is 5.02 Å². The standard InChI is InChI=1S/C20H18ClNO/c1-14(13-15-9-11-17(21)12-10-15)20(23)22-19-8-4-6-16-5-2-3-7-18(16)19/h2-12,14H,13H2,1H3,(H,22,23)/t14-/m0/s1. The zero-order valence-corrected chi connectivity index (χ0v) is 13.7. The molecule has 1 atom stereocenters. The molecule has 1 N–H and O–H groups in total. The fraction of sp³-hybridized carbons (Fsp3) is 0.150. The molecule has 0 fully saturated rings. The van der Waals surface area contributed by atoms with E-state index in [0.717, 1.165) is 22.0 Å². The Bertz CT molecular complexity index is 821. The van der Waals surface area contributed by atoms with Crippen molar-refractivity contribution in [3.63, 3.8) is 0 Å². The van der Waals surface area contributed by atoms with Crippen molar-refractivity contribution >= 4 is 34.0 Å². The highest BCUT2D eigenvalue weighted by Gasteiger charge is 2.14. The first-order chi connectivity index (χ1) is 11.1. The van der Waals surface area contributed by atoms with Crippen LogP contribution in [-0.2, 0) is 11.2 Å². The van der Waals surface area contributed by atoms with Gasteiger partial charge < -0.3 is 5.32 Å². The van der Waals surface area contributed by atoms with Gasteiger partial charge in [-0.1, -0.05) is 67.1 Å². The van der Waals surface area contributed by atoms with Crippen LogP contribution in [0.5, 0.6) is 0 Å². The summed E-state index contributed by atoms with van der Waals surface area (Å²) in [5.74, 6) is -0.0913. The molecule has 0 spiro atoms. The number of nitrogens with one attached hydrogen (secondary N) is 1. The summed E-state index contributed by atoms with van der Waals surface area (Å²) in [7, 11) is 0. The molecule has 0 unspecified atom stereocenters. The van der Waals surface area contributed by atoms with Crippen molar-refractivity contribution in [2.45, 2.75) is 13.3 Å². The Labute approximate surface area is 141 Å². The number of halogens is 1. The van der Waals surface area contributed by atoms with E-state index in [9.17, 15) is 4.79 Å². The number of hydrogen-bond donors (Lipinski definition) is 1. The van der Waals surface area contributed by atoms with E-state index < -0.39 is 0 Å².